The minimum absolute atomic E-state index is 0.0156. The predicted octanol–water partition coefficient (Wildman–Crippen LogP) is 1.10. The Bertz CT molecular complexity index is 234. The van der Waals surface area contributed by atoms with Crippen LogP contribution in [0.5, 0.6) is 0 Å². The van der Waals surface area contributed by atoms with Gasteiger partial charge in [0.25, 0.3) is 0 Å². The number of nitrogens with zero attached hydrogens (tertiary/aromatic N) is 2. The molecule has 0 spiro atoms. The minimum atomic E-state index is 0.0156. The molecule has 0 bridgehead atoms. The van der Waals surface area contributed by atoms with Crippen molar-refractivity contribution in [2.45, 2.75) is 39.9 Å². The van der Waals surface area contributed by atoms with Gasteiger partial charge in [-0.05, 0) is 27.7 Å². The molecule has 5 heteroatoms. The molecule has 0 saturated carbocycles. The second kappa shape index (κ2) is 6.81. The van der Waals surface area contributed by atoms with Crippen molar-refractivity contribution in [1.29, 1.82) is 0 Å². The van der Waals surface area contributed by atoms with Crippen LogP contribution in [0, 0.1) is 0 Å². The van der Waals surface area contributed by atoms with Gasteiger partial charge in [-0.15, -0.1) is 0 Å². The van der Waals surface area contributed by atoms with Gasteiger partial charge in [0, 0.05) is 26.2 Å². The first kappa shape index (κ1) is 14.3. The molecule has 17 heavy (non-hydrogen) atoms. The lowest BCUT2D eigenvalue weighted by atomic mass is 10.2. The van der Waals surface area contributed by atoms with E-state index < -0.39 is 0 Å². The van der Waals surface area contributed by atoms with Crippen molar-refractivity contribution < 1.29 is 9.53 Å². The average molecular weight is 243 g/mol. The van der Waals surface area contributed by atoms with Crippen molar-refractivity contribution in [3.05, 3.63) is 0 Å². The summed E-state index contributed by atoms with van der Waals surface area (Å²) < 4.78 is 5.65. The molecule has 100 valence electrons. The highest BCUT2D eigenvalue weighted by Gasteiger charge is 2.22. The molecule has 1 N–H and O–H groups in total. The Morgan fingerprint density at radius 1 is 1.29 bits per heavy atom. The van der Waals surface area contributed by atoms with Crippen LogP contribution in [0.25, 0.3) is 0 Å². The molecule has 0 aromatic carbocycles. The van der Waals surface area contributed by atoms with E-state index in [4.69, 9.17) is 4.74 Å². The predicted molar refractivity (Wildman–Crippen MR) is 67.9 cm³/mol. The van der Waals surface area contributed by atoms with Crippen LogP contribution in [0.15, 0.2) is 0 Å². The fraction of sp³-hybridized carbons (Fsp3) is 0.917. The van der Waals surface area contributed by atoms with E-state index in [9.17, 15) is 4.79 Å². The molecule has 0 aliphatic carbocycles. The van der Waals surface area contributed by atoms with E-state index in [1.165, 1.54) is 0 Å². The number of rotatable bonds is 4. The van der Waals surface area contributed by atoms with Crippen molar-refractivity contribution in [2.75, 3.05) is 32.8 Å². The fourth-order valence-corrected chi connectivity index (χ4v) is 2.22. The van der Waals surface area contributed by atoms with Crippen LogP contribution >= 0.6 is 0 Å². The molecule has 1 fully saturated rings. The number of carbonyl (C=O) groups excluding carboxylic acids is 1. The van der Waals surface area contributed by atoms with Gasteiger partial charge < -0.3 is 15.0 Å². The van der Waals surface area contributed by atoms with Crippen molar-refractivity contribution in [3.8, 4) is 0 Å². The molecule has 0 aromatic rings. The van der Waals surface area contributed by atoms with E-state index in [1.807, 2.05) is 13.8 Å². The van der Waals surface area contributed by atoms with Gasteiger partial charge >= 0.3 is 6.03 Å². The summed E-state index contributed by atoms with van der Waals surface area (Å²) in [4.78, 5) is 15.8. The molecule has 0 aromatic heterocycles. The first-order valence-electron chi connectivity index (χ1n) is 6.47. The summed E-state index contributed by atoms with van der Waals surface area (Å²) in [5.74, 6) is 0. The number of amides is 2. The number of ether oxygens (including phenoxy) is 1. The summed E-state index contributed by atoms with van der Waals surface area (Å²) in [6.07, 6.45) is 0.480. The van der Waals surface area contributed by atoms with Crippen molar-refractivity contribution in [1.82, 2.24) is 15.1 Å². The molecule has 1 aliphatic rings. The molecule has 1 aliphatic heterocycles. The molecule has 5 nitrogen and oxygen atoms in total. The van der Waals surface area contributed by atoms with E-state index in [0.717, 1.165) is 26.2 Å². The van der Waals surface area contributed by atoms with Crippen LogP contribution in [0.3, 0.4) is 0 Å². The van der Waals surface area contributed by atoms with Crippen molar-refractivity contribution >= 4 is 6.03 Å². The molecule has 2 amide bonds. The molecule has 1 saturated heterocycles. The zero-order valence-electron chi connectivity index (χ0n) is 11.4. The second-order valence-corrected chi connectivity index (χ2v) is 4.61. The summed E-state index contributed by atoms with van der Waals surface area (Å²) in [7, 11) is 0. The fourth-order valence-electron chi connectivity index (χ4n) is 2.22. The van der Waals surface area contributed by atoms with Crippen LogP contribution in [-0.2, 0) is 4.74 Å². The summed E-state index contributed by atoms with van der Waals surface area (Å²) >= 11 is 0. The van der Waals surface area contributed by atoms with Gasteiger partial charge in [-0.3, -0.25) is 4.90 Å². The summed E-state index contributed by atoms with van der Waals surface area (Å²) in [6.45, 7) is 12.0. The first-order chi connectivity index (χ1) is 8.06. The maximum atomic E-state index is 11.8. The highest BCUT2D eigenvalue weighted by molar-refractivity contribution is 5.73. The lowest BCUT2D eigenvalue weighted by Crippen LogP contribution is -2.51. The normalized spacial score (nSPS) is 25.6. The molecule has 1 heterocycles. The van der Waals surface area contributed by atoms with Crippen molar-refractivity contribution in [3.63, 3.8) is 0 Å². The molecular formula is C12H25N3O2. The van der Waals surface area contributed by atoms with Crippen LogP contribution < -0.4 is 5.32 Å². The number of nitrogens with one attached hydrogen (secondary N) is 1. The SMILES string of the molecule is CCN(CC)C(=O)NCN1C[C@@H](C)O[C@@H](C)C1. The highest BCUT2D eigenvalue weighted by Crippen LogP contribution is 2.09. The topological polar surface area (TPSA) is 44.8 Å². The molecule has 1 rings (SSSR count). The average Bonchev–Trinajstić information content (AvgIpc) is 2.27. The number of carbonyl (C=O) groups is 1. The maximum absolute atomic E-state index is 11.8. The van der Waals surface area contributed by atoms with Gasteiger partial charge in [-0.1, -0.05) is 0 Å². The highest BCUT2D eigenvalue weighted by atomic mass is 16.5. The van der Waals surface area contributed by atoms with E-state index in [0.29, 0.717) is 6.67 Å². The smallest absolute Gasteiger partial charge is 0.318 e. The van der Waals surface area contributed by atoms with Crippen LogP contribution in [0.4, 0.5) is 4.79 Å². The number of urea groups is 1. The Hall–Kier alpha value is -0.810. The Balaban J connectivity index is 2.32. The van der Waals surface area contributed by atoms with Gasteiger partial charge in [0.15, 0.2) is 0 Å². The molecule has 2 atom stereocenters. The summed E-state index contributed by atoms with van der Waals surface area (Å²) in [5, 5.41) is 2.95. The zero-order valence-corrected chi connectivity index (χ0v) is 11.4. The summed E-state index contributed by atoms with van der Waals surface area (Å²) in [5.41, 5.74) is 0. The van der Waals surface area contributed by atoms with E-state index in [2.05, 4.69) is 24.1 Å². The van der Waals surface area contributed by atoms with E-state index >= 15 is 0 Å². The molecular weight excluding hydrogens is 218 g/mol. The van der Waals surface area contributed by atoms with Crippen LogP contribution in [-0.4, -0.2) is 60.9 Å². The standard InChI is InChI=1S/C12H25N3O2/c1-5-15(6-2)12(16)13-9-14-7-10(3)17-11(4)8-14/h10-11H,5-9H2,1-4H3,(H,13,16)/t10-,11+. The minimum Gasteiger partial charge on any atom is -0.373 e. The Morgan fingerprint density at radius 3 is 2.29 bits per heavy atom. The zero-order chi connectivity index (χ0) is 12.8. The molecule has 0 radical (unpaired) electrons. The Labute approximate surface area is 104 Å². The quantitative estimate of drug-likeness (QED) is 0.804. The van der Waals surface area contributed by atoms with Gasteiger partial charge in [-0.25, -0.2) is 4.79 Å². The third-order valence-corrected chi connectivity index (χ3v) is 3.00. The first-order valence-corrected chi connectivity index (χ1v) is 6.47. The largest absolute Gasteiger partial charge is 0.373 e. The second-order valence-electron chi connectivity index (χ2n) is 4.61. The van der Waals surface area contributed by atoms with Gasteiger partial charge in [-0.2, -0.15) is 0 Å². The number of morpholine rings is 1. The van der Waals surface area contributed by atoms with Crippen LogP contribution in [0.1, 0.15) is 27.7 Å². The van der Waals surface area contributed by atoms with Gasteiger partial charge in [0.05, 0.1) is 18.9 Å². The summed E-state index contributed by atoms with van der Waals surface area (Å²) in [6, 6.07) is 0.0156. The van der Waals surface area contributed by atoms with Crippen molar-refractivity contribution in [2.24, 2.45) is 0 Å². The number of hydrogen-bond donors (Lipinski definition) is 1. The van der Waals surface area contributed by atoms with Gasteiger partial charge in [0.1, 0.15) is 0 Å². The van der Waals surface area contributed by atoms with Crippen LogP contribution in [0.2, 0.25) is 0 Å². The molecule has 0 unspecified atom stereocenters. The Morgan fingerprint density at radius 2 is 1.82 bits per heavy atom. The lowest BCUT2D eigenvalue weighted by Gasteiger charge is -2.35. The maximum Gasteiger partial charge on any atom is 0.318 e. The van der Waals surface area contributed by atoms with E-state index in [1.54, 1.807) is 4.90 Å². The lowest BCUT2D eigenvalue weighted by molar-refractivity contribution is -0.0691. The third-order valence-electron chi connectivity index (χ3n) is 3.00. The number of hydrogen-bond acceptors (Lipinski definition) is 3. The van der Waals surface area contributed by atoms with E-state index in [-0.39, 0.29) is 18.2 Å². The van der Waals surface area contributed by atoms with Gasteiger partial charge in [0.2, 0.25) is 0 Å². The monoisotopic (exact) mass is 243 g/mol. The Kier molecular flexibility index (Phi) is 5.71. The third kappa shape index (κ3) is 4.52.